The molecule has 6 heteroatoms. The number of aliphatic hydroxyl groups excluding tert-OH is 1. The molecule has 6 nitrogen and oxygen atoms in total. The molecule has 0 atom stereocenters. The molecule has 0 fully saturated rings. The second-order valence-electron chi connectivity index (χ2n) is 5.69. The van der Waals surface area contributed by atoms with Crippen molar-refractivity contribution >= 4 is 5.91 Å². The molecule has 0 radical (unpaired) electrons. The highest BCUT2D eigenvalue weighted by molar-refractivity contribution is 5.99. The zero-order valence-corrected chi connectivity index (χ0v) is 14.3. The molecule has 0 aliphatic rings. The van der Waals surface area contributed by atoms with Crippen LogP contribution in [0.2, 0.25) is 0 Å². The summed E-state index contributed by atoms with van der Waals surface area (Å²) < 4.78 is 7.36. The predicted octanol–water partition coefficient (Wildman–Crippen LogP) is 2.90. The Morgan fingerprint density at radius 2 is 2.00 bits per heavy atom. The van der Waals surface area contributed by atoms with Crippen LogP contribution in [0.5, 0.6) is 0 Å². The van der Waals surface area contributed by atoms with Crippen LogP contribution in [0.25, 0.3) is 17.1 Å². The minimum absolute atomic E-state index is 0.0818. The molecule has 0 unspecified atom stereocenters. The van der Waals surface area contributed by atoms with Gasteiger partial charge in [-0.1, -0.05) is 18.2 Å². The summed E-state index contributed by atoms with van der Waals surface area (Å²) in [5.74, 6) is 1.13. The molecule has 0 bridgehead atoms. The van der Waals surface area contributed by atoms with E-state index >= 15 is 0 Å². The summed E-state index contributed by atoms with van der Waals surface area (Å²) in [7, 11) is 0. The van der Waals surface area contributed by atoms with E-state index in [-0.39, 0.29) is 19.1 Å². The number of carbonyl (C=O) groups is 1. The van der Waals surface area contributed by atoms with Crippen LogP contribution < -0.4 is 0 Å². The van der Waals surface area contributed by atoms with E-state index in [2.05, 4.69) is 5.10 Å². The quantitative estimate of drug-likeness (QED) is 0.749. The van der Waals surface area contributed by atoms with Gasteiger partial charge in [0.25, 0.3) is 5.91 Å². The maximum Gasteiger partial charge on any atom is 0.257 e. The Morgan fingerprint density at radius 3 is 2.60 bits per heavy atom. The highest BCUT2D eigenvalue weighted by atomic mass is 16.3. The van der Waals surface area contributed by atoms with Crippen molar-refractivity contribution in [2.45, 2.75) is 13.8 Å². The number of aryl methyl sites for hydroxylation is 1. The summed E-state index contributed by atoms with van der Waals surface area (Å²) in [5, 5.41) is 13.8. The highest BCUT2D eigenvalue weighted by Crippen LogP contribution is 2.26. The molecule has 0 saturated carbocycles. The highest BCUT2D eigenvalue weighted by Gasteiger charge is 2.24. The van der Waals surface area contributed by atoms with Crippen LogP contribution in [-0.2, 0) is 0 Å². The second kappa shape index (κ2) is 7.36. The summed E-state index contributed by atoms with van der Waals surface area (Å²) in [6.07, 6.45) is 1.71. The molecular formula is C19H21N3O3. The van der Waals surface area contributed by atoms with Gasteiger partial charge in [0.2, 0.25) is 0 Å². The lowest BCUT2D eigenvalue weighted by Crippen LogP contribution is -2.33. The molecule has 0 spiro atoms. The molecule has 25 heavy (non-hydrogen) atoms. The SMILES string of the molecule is CCN(CCO)C(=O)c1cn(-c2ccccc2)nc1-c1ccc(C)o1. The number of rotatable bonds is 6. The third-order valence-corrected chi connectivity index (χ3v) is 3.98. The monoisotopic (exact) mass is 339 g/mol. The van der Waals surface area contributed by atoms with Crippen LogP contribution in [0.15, 0.2) is 53.1 Å². The second-order valence-corrected chi connectivity index (χ2v) is 5.69. The Hall–Kier alpha value is -2.86. The molecule has 0 saturated heterocycles. The smallest absolute Gasteiger partial charge is 0.257 e. The minimum Gasteiger partial charge on any atom is -0.460 e. The Bertz CT molecular complexity index is 852. The van der Waals surface area contributed by atoms with Crippen molar-refractivity contribution in [2.24, 2.45) is 0 Å². The van der Waals surface area contributed by atoms with Gasteiger partial charge in [-0.25, -0.2) is 4.68 Å². The van der Waals surface area contributed by atoms with Gasteiger partial charge in [0.05, 0.1) is 17.9 Å². The first-order valence-electron chi connectivity index (χ1n) is 8.26. The number of hydrogen-bond acceptors (Lipinski definition) is 4. The first-order valence-corrected chi connectivity index (χ1v) is 8.26. The van der Waals surface area contributed by atoms with E-state index in [1.165, 1.54) is 0 Å². The van der Waals surface area contributed by atoms with E-state index in [1.807, 2.05) is 56.3 Å². The van der Waals surface area contributed by atoms with Crippen molar-refractivity contribution in [3.05, 3.63) is 60.0 Å². The Kier molecular flexibility index (Phi) is 5.00. The van der Waals surface area contributed by atoms with Gasteiger partial charge in [0.1, 0.15) is 11.5 Å². The molecular weight excluding hydrogens is 318 g/mol. The number of para-hydroxylation sites is 1. The first kappa shape index (κ1) is 17.0. The van der Waals surface area contributed by atoms with Crippen molar-refractivity contribution in [1.82, 2.24) is 14.7 Å². The van der Waals surface area contributed by atoms with E-state index in [0.717, 1.165) is 11.4 Å². The molecule has 2 heterocycles. The average Bonchev–Trinajstić information content (AvgIpc) is 3.26. The van der Waals surface area contributed by atoms with Gasteiger partial charge >= 0.3 is 0 Å². The molecule has 130 valence electrons. The molecule has 1 N–H and O–H groups in total. The van der Waals surface area contributed by atoms with Crippen LogP contribution in [-0.4, -0.2) is 45.4 Å². The average molecular weight is 339 g/mol. The number of benzene rings is 1. The Labute approximate surface area is 146 Å². The van der Waals surface area contributed by atoms with E-state index in [1.54, 1.807) is 15.8 Å². The van der Waals surface area contributed by atoms with Crippen molar-refractivity contribution in [1.29, 1.82) is 0 Å². The van der Waals surface area contributed by atoms with Crippen molar-refractivity contribution < 1.29 is 14.3 Å². The van der Waals surface area contributed by atoms with Gasteiger partial charge in [-0.3, -0.25) is 4.79 Å². The van der Waals surface area contributed by atoms with Gasteiger partial charge in [0.15, 0.2) is 5.76 Å². The summed E-state index contributed by atoms with van der Waals surface area (Å²) in [6, 6.07) is 13.3. The van der Waals surface area contributed by atoms with Gasteiger partial charge in [-0.2, -0.15) is 5.10 Å². The molecule has 2 aromatic heterocycles. The Morgan fingerprint density at radius 1 is 1.24 bits per heavy atom. The van der Waals surface area contributed by atoms with Crippen LogP contribution in [0, 0.1) is 6.92 Å². The number of furan rings is 1. The van der Waals surface area contributed by atoms with Crippen molar-refractivity contribution in [3.63, 3.8) is 0 Å². The third-order valence-electron chi connectivity index (χ3n) is 3.98. The lowest BCUT2D eigenvalue weighted by Gasteiger charge is -2.19. The zero-order valence-electron chi connectivity index (χ0n) is 14.3. The number of aromatic nitrogens is 2. The van der Waals surface area contributed by atoms with E-state index in [4.69, 9.17) is 4.42 Å². The summed E-state index contributed by atoms with van der Waals surface area (Å²) in [5.41, 5.74) is 1.81. The molecule has 3 aromatic rings. The van der Waals surface area contributed by atoms with Gasteiger partial charge < -0.3 is 14.4 Å². The van der Waals surface area contributed by atoms with E-state index < -0.39 is 0 Å². The number of nitrogens with zero attached hydrogens (tertiary/aromatic N) is 3. The molecule has 1 aromatic carbocycles. The van der Waals surface area contributed by atoms with E-state index in [9.17, 15) is 9.90 Å². The Balaban J connectivity index is 2.08. The molecule has 1 amide bonds. The van der Waals surface area contributed by atoms with Crippen LogP contribution in [0.3, 0.4) is 0 Å². The first-order chi connectivity index (χ1) is 12.1. The summed E-state index contributed by atoms with van der Waals surface area (Å²) >= 11 is 0. The third kappa shape index (κ3) is 3.49. The summed E-state index contributed by atoms with van der Waals surface area (Å²) in [6.45, 7) is 4.44. The van der Waals surface area contributed by atoms with Crippen LogP contribution in [0.1, 0.15) is 23.0 Å². The summed E-state index contributed by atoms with van der Waals surface area (Å²) in [4.78, 5) is 14.5. The normalized spacial score (nSPS) is 10.8. The number of amides is 1. The van der Waals surface area contributed by atoms with Gasteiger partial charge in [0, 0.05) is 19.3 Å². The molecule has 0 aliphatic carbocycles. The minimum atomic E-state index is -0.178. The fourth-order valence-electron chi connectivity index (χ4n) is 2.68. The van der Waals surface area contributed by atoms with Crippen LogP contribution in [0.4, 0.5) is 0 Å². The van der Waals surface area contributed by atoms with Crippen molar-refractivity contribution in [2.75, 3.05) is 19.7 Å². The van der Waals surface area contributed by atoms with Gasteiger partial charge in [-0.15, -0.1) is 0 Å². The lowest BCUT2D eigenvalue weighted by atomic mass is 10.2. The predicted molar refractivity (Wildman–Crippen MR) is 94.7 cm³/mol. The number of likely N-dealkylation sites (N-methyl/N-ethyl adjacent to an activating group) is 1. The van der Waals surface area contributed by atoms with Crippen LogP contribution >= 0.6 is 0 Å². The number of aliphatic hydroxyl groups is 1. The fraction of sp³-hybridized carbons (Fsp3) is 0.263. The van der Waals surface area contributed by atoms with E-state index in [0.29, 0.717) is 23.6 Å². The largest absolute Gasteiger partial charge is 0.460 e. The maximum atomic E-state index is 12.9. The standard InChI is InChI=1S/C19H21N3O3/c1-3-21(11-12-23)19(24)16-13-22(15-7-5-4-6-8-15)20-18(16)17-10-9-14(2)25-17/h4-10,13,23H,3,11-12H2,1-2H3. The lowest BCUT2D eigenvalue weighted by molar-refractivity contribution is 0.0732. The van der Waals surface area contributed by atoms with Crippen molar-refractivity contribution in [3.8, 4) is 17.1 Å². The molecule has 3 rings (SSSR count). The number of carbonyl (C=O) groups excluding carboxylic acids is 1. The maximum absolute atomic E-state index is 12.9. The van der Waals surface area contributed by atoms with Gasteiger partial charge in [-0.05, 0) is 38.1 Å². The molecule has 0 aliphatic heterocycles. The fourth-order valence-corrected chi connectivity index (χ4v) is 2.68. The number of hydrogen-bond donors (Lipinski definition) is 1. The topological polar surface area (TPSA) is 71.5 Å². The zero-order chi connectivity index (χ0) is 17.8.